The van der Waals surface area contributed by atoms with E-state index in [-0.39, 0.29) is 5.82 Å². The van der Waals surface area contributed by atoms with Crippen LogP contribution in [-0.4, -0.2) is 11.0 Å². The number of hydrogen-bond acceptors (Lipinski definition) is 4. The molecule has 0 unspecified atom stereocenters. The second-order valence-corrected chi connectivity index (χ2v) is 7.10. The summed E-state index contributed by atoms with van der Waals surface area (Å²) in [7, 11) is 0. The van der Waals surface area contributed by atoms with Crippen LogP contribution in [0, 0.1) is 5.82 Å². The normalized spacial score (nSPS) is 12.1. The number of rotatable bonds is 4. The fourth-order valence-corrected chi connectivity index (χ4v) is 3.61. The Morgan fingerprint density at radius 2 is 1.85 bits per heavy atom. The van der Waals surface area contributed by atoms with Crippen molar-refractivity contribution in [2.45, 2.75) is 13.0 Å². The van der Waals surface area contributed by atoms with Gasteiger partial charge in [-0.1, -0.05) is 36.4 Å². The van der Waals surface area contributed by atoms with E-state index in [2.05, 4.69) is 4.98 Å². The lowest BCUT2D eigenvalue weighted by Crippen LogP contribution is -2.10. The number of carbonyl (C=O) groups is 1. The minimum absolute atomic E-state index is 0.321. The van der Waals surface area contributed by atoms with Gasteiger partial charge in [-0.15, -0.1) is 11.3 Å². The van der Waals surface area contributed by atoms with Gasteiger partial charge in [0.25, 0.3) is 0 Å². The average Bonchev–Trinajstić information content (AvgIpc) is 3.22. The molecule has 0 spiro atoms. The summed E-state index contributed by atoms with van der Waals surface area (Å²) in [6, 6.07) is 19.2. The highest BCUT2D eigenvalue weighted by atomic mass is 32.1. The van der Waals surface area contributed by atoms with Gasteiger partial charge in [0.2, 0.25) is 0 Å². The van der Waals surface area contributed by atoms with Crippen molar-refractivity contribution >= 4 is 28.2 Å². The van der Waals surface area contributed by atoms with Crippen LogP contribution in [0.4, 0.5) is 4.39 Å². The summed E-state index contributed by atoms with van der Waals surface area (Å²) in [4.78, 5) is 18.6. The highest BCUT2D eigenvalue weighted by Gasteiger charge is 2.18. The van der Waals surface area contributed by atoms with E-state index in [4.69, 9.17) is 4.74 Å². The Morgan fingerprint density at radius 1 is 1.07 bits per heavy atom. The first kappa shape index (κ1) is 17.4. The Labute approximate surface area is 160 Å². The number of pyridine rings is 1. The summed E-state index contributed by atoms with van der Waals surface area (Å²) in [6.07, 6.45) is -0.491. The van der Waals surface area contributed by atoms with Crippen LogP contribution in [0.1, 0.15) is 28.9 Å². The molecule has 0 saturated heterocycles. The summed E-state index contributed by atoms with van der Waals surface area (Å²) in [5.74, 6) is -0.749. The van der Waals surface area contributed by atoms with E-state index in [0.717, 1.165) is 27.0 Å². The molecular weight excluding hydrogens is 361 g/mol. The third kappa shape index (κ3) is 3.59. The van der Waals surface area contributed by atoms with Gasteiger partial charge < -0.3 is 4.74 Å². The van der Waals surface area contributed by atoms with E-state index in [1.165, 1.54) is 12.1 Å². The molecule has 0 bridgehead atoms. The molecule has 2 aromatic heterocycles. The van der Waals surface area contributed by atoms with E-state index >= 15 is 0 Å². The highest BCUT2D eigenvalue weighted by Crippen LogP contribution is 2.29. The van der Waals surface area contributed by atoms with Gasteiger partial charge in [0.15, 0.2) is 0 Å². The fourth-order valence-electron chi connectivity index (χ4n) is 2.92. The largest absolute Gasteiger partial charge is 0.454 e. The van der Waals surface area contributed by atoms with Crippen molar-refractivity contribution in [1.82, 2.24) is 4.98 Å². The van der Waals surface area contributed by atoms with Crippen molar-refractivity contribution in [3.63, 3.8) is 0 Å². The first-order valence-corrected chi connectivity index (χ1v) is 9.40. The quantitative estimate of drug-likeness (QED) is 0.408. The number of thiophene rings is 1. The van der Waals surface area contributed by atoms with Gasteiger partial charge in [-0.3, -0.25) is 0 Å². The minimum atomic E-state index is -0.491. The number of carbonyl (C=O) groups excluding carboxylic acids is 1. The lowest BCUT2D eigenvalue weighted by molar-refractivity contribution is 0.0340. The summed E-state index contributed by atoms with van der Waals surface area (Å²) in [5, 5.41) is 2.72. The maximum atomic E-state index is 13.1. The molecule has 4 aromatic rings. The molecule has 2 aromatic carbocycles. The number of esters is 1. The van der Waals surface area contributed by atoms with Crippen LogP contribution in [0.25, 0.3) is 21.5 Å². The molecule has 5 heteroatoms. The molecule has 0 amide bonds. The lowest BCUT2D eigenvalue weighted by Gasteiger charge is -2.15. The number of para-hydroxylation sites is 1. The van der Waals surface area contributed by atoms with Crippen LogP contribution in [0.15, 0.2) is 72.1 Å². The van der Waals surface area contributed by atoms with E-state index in [1.54, 1.807) is 36.5 Å². The third-order valence-electron chi connectivity index (χ3n) is 4.33. The maximum Gasteiger partial charge on any atom is 0.339 e. The smallest absolute Gasteiger partial charge is 0.339 e. The molecule has 2 heterocycles. The van der Waals surface area contributed by atoms with Crippen LogP contribution in [-0.2, 0) is 4.74 Å². The minimum Gasteiger partial charge on any atom is -0.454 e. The van der Waals surface area contributed by atoms with Gasteiger partial charge in [-0.25, -0.2) is 14.2 Å². The Bertz CT molecular complexity index is 1090. The van der Waals surface area contributed by atoms with Gasteiger partial charge >= 0.3 is 5.97 Å². The first-order chi connectivity index (χ1) is 13.1. The van der Waals surface area contributed by atoms with E-state index < -0.39 is 12.1 Å². The van der Waals surface area contributed by atoms with Crippen molar-refractivity contribution < 1.29 is 13.9 Å². The Kier molecular flexibility index (Phi) is 4.69. The molecule has 0 N–H and O–H groups in total. The van der Waals surface area contributed by atoms with Crippen molar-refractivity contribution in [3.05, 3.63) is 89.1 Å². The zero-order chi connectivity index (χ0) is 18.8. The molecule has 134 valence electrons. The summed E-state index contributed by atoms with van der Waals surface area (Å²) in [5.41, 5.74) is 2.69. The molecular formula is C22H16FNO2S. The number of ether oxygens (including phenoxy) is 1. The average molecular weight is 377 g/mol. The van der Waals surface area contributed by atoms with E-state index in [0.29, 0.717) is 5.56 Å². The molecule has 1 atom stereocenters. The number of halogens is 1. The van der Waals surface area contributed by atoms with Crippen LogP contribution in [0.2, 0.25) is 0 Å². The maximum absolute atomic E-state index is 13.1. The molecule has 4 rings (SSSR count). The molecule has 27 heavy (non-hydrogen) atoms. The predicted octanol–water partition coefficient (Wildman–Crippen LogP) is 6.02. The van der Waals surface area contributed by atoms with Gasteiger partial charge in [-0.2, -0.15) is 0 Å². The molecule has 0 aliphatic heterocycles. The number of aromatic nitrogens is 1. The molecule has 0 radical (unpaired) electrons. The monoisotopic (exact) mass is 377 g/mol. The van der Waals surface area contributed by atoms with Crippen molar-refractivity contribution in [3.8, 4) is 10.6 Å². The standard InChI is InChI=1S/C22H16FNO2S/c1-14(15-8-10-16(23)11-9-15)26-22(25)18-13-20(21-7-4-12-27-21)24-19-6-3-2-5-17(18)19/h2-14H,1H3/t14-/m1/s1. The van der Waals surface area contributed by atoms with E-state index in [1.807, 2.05) is 41.8 Å². The van der Waals surface area contributed by atoms with Gasteiger partial charge in [-0.05, 0) is 48.2 Å². The third-order valence-corrected chi connectivity index (χ3v) is 5.23. The summed E-state index contributed by atoms with van der Waals surface area (Å²) >= 11 is 1.57. The van der Waals surface area contributed by atoms with Gasteiger partial charge in [0.05, 0.1) is 21.7 Å². The Balaban J connectivity index is 1.71. The summed E-state index contributed by atoms with van der Waals surface area (Å²) in [6.45, 7) is 1.77. The van der Waals surface area contributed by atoms with Gasteiger partial charge in [0.1, 0.15) is 11.9 Å². The van der Waals surface area contributed by atoms with Crippen molar-refractivity contribution in [2.75, 3.05) is 0 Å². The van der Waals surface area contributed by atoms with Crippen molar-refractivity contribution in [1.29, 1.82) is 0 Å². The number of fused-ring (bicyclic) bond motifs is 1. The lowest BCUT2D eigenvalue weighted by atomic mass is 10.1. The molecule has 0 fully saturated rings. The SMILES string of the molecule is C[C@@H](OC(=O)c1cc(-c2cccs2)nc2ccccc12)c1ccc(F)cc1. The highest BCUT2D eigenvalue weighted by molar-refractivity contribution is 7.13. The second kappa shape index (κ2) is 7.29. The van der Waals surface area contributed by atoms with Crippen LogP contribution in [0.3, 0.4) is 0 Å². The number of hydrogen-bond donors (Lipinski definition) is 0. The number of benzene rings is 2. The zero-order valence-corrected chi connectivity index (χ0v) is 15.4. The second-order valence-electron chi connectivity index (χ2n) is 6.15. The molecule has 0 aliphatic rings. The number of nitrogens with zero attached hydrogens (tertiary/aromatic N) is 1. The first-order valence-electron chi connectivity index (χ1n) is 8.52. The van der Waals surface area contributed by atoms with Crippen LogP contribution < -0.4 is 0 Å². The fraction of sp³-hybridized carbons (Fsp3) is 0.0909. The Morgan fingerprint density at radius 3 is 2.59 bits per heavy atom. The summed E-state index contributed by atoms with van der Waals surface area (Å²) < 4.78 is 18.8. The molecule has 0 saturated carbocycles. The van der Waals surface area contributed by atoms with Crippen LogP contribution >= 0.6 is 11.3 Å². The van der Waals surface area contributed by atoms with Crippen molar-refractivity contribution in [2.24, 2.45) is 0 Å². The van der Waals surface area contributed by atoms with Gasteiger partial charge in [0, 0.05) is 5.39 Å². The zero-order valence-electron chi connectivity index (χ0n) is 14.6. The van der Waals surface area contributed by atoms with E-state index in [9.17, 15) is 9.18 Å². The topological polar surface area (TPSA) is 39.2 Å². The van der Waals surface area contributed by atoms with Crippen LogP contribution in [0.5, 0.6) is 0 Å². The molecule has 3 nitrogen and oxygen atoms in total. The predicted molar refractivity (Wildman–Crippen MR) is 105 cm³/mol. The molecule has 0 aliphatic carbocycles. The Hall–Kier alpha value is -3.05.